The van der Waals surface area contributed by atoms with Crippen LogP contribution >= 0.6 is 31.9 Å². The molecule has 0 aromatic heterocycles. The van der Waals surface area contributed by atoms with Crippen LogP contribution in [-0.4, -0.2) is 12.9 Å². The van der Waals surface area contributed by atoms with E-state index >= 15 is 0 Å². The summed E-state index contributed by atoms with van der Waals surface area (Å²) < 4.78 is 1.98. The van der Waals surface area contributed by atoms with Gasteiger partial charge in [-0.25, -0.2) is 0 Å². The van der Waals surface area contributed by atoms with Gasteiger partial charge in [0, 0.05) is 33.8 Å². The van der Waals surface area contributed by atoms with Crippen molar-refractivity contribution in [3.8, 4) is 0 Å². The summed E-state index contributed by atoms with van der Waals surface area (Å²) in [5.41, 5.74) is 8.54. The molecule has 0 heterocycles. The van der Waals surface area contributed by atoms with E-state index in [1.54, 1.807) is 0 Å². The molecule has 0 fully saturated rings. The largest absolute Gasteiger partial charge is 0.384 e. The molecular weight excluding hydrogens is 382 g/mol. The smallest absolute Gasteiger partial charge is 0.124 e. The van der Waals surface area contributed by atoms with Crippen LogP contribution in [0.25, 0.3) is 0 Å². The van der Waals surface area contributed by atoms with Crippen molar-refractivity contribution in [3.05, 3.63) is 62.5 Å². The predicted octanol–water partition coefficient (Wildman–Crippen LogP) is 4.13. The Bertz CT molecular complexity index is 641. The number of nitrogens with zero attached hydrogens (tertiary/aromatic N) is 1. The quantitative estimate of drug-likeness (QED) is 0.602. The van der Waals surface area contributed by atoms with Gasteiger partial charge in [0.15, 0.2) is 0 Å². The molecule has 2 rings (SSSR count). The lowest BCUT2D eigenvalue weighted by molar-refractivity contribution is 0.920. The first-order chi connectivity index (χ1) is 9.47. The first kappa shape index (κ1) is 15.1. The molecule has 0 aliphatic carbocycles. The second-order valence-electron chi connectivity index (χ2n) is 4.56. The molecule has 0 bridgehead atoms. The molecule has 0 amide bonds. The van der Waals surface area contributed by atoms with Crippen LogP contribution < -0.4 is 10.6 Å². The van der Waals surface area contributed by atoms with E-state index in [-0.39, 0.29) is 5.84 Å². The summed E-state index contributed by atoms with van der Waals surface area (Å²) in [7, 11) is 2.00. The third-order valence-corrected chi connectivity index (χ3v) is 3.96. The summed E-state index contributed by atoms with van der Waals surface area (Å²) in [5, 5.41) is 7.70. The lowest BCUT2D eigenvalue weighted by atomic mass is 10.1. The van der Waals surface area contributed by atoms with Crippen molar-refractivity contribution in [2.75, 3.05) is 11.9 Å². The van der Waals surface area contributed by atoms with Crippen LogP contribution in [0.1, 0.15) is 11.1 Å². The number of nitrogens with one attached hydrogen (secondary N) is 1. The molecule has 2 aromatic carbocycles. The zero-order valence-corrected chi connectivity index (χ0v) is 14.2. The molecule has 0 unspecified atom stereocenters. The highest BCUT2D eigenvalue weighted by Crippen LogP contribution is 2.25. The maximum atomic E-state index is 7.70. The average molecular weight is 397 g/mol. The summed E-state index contributed by atoms with van der Waals surface area (Å²) in [6, 6.07) is 14.0. The molecule has 0 radical (unpaired) electrons. The molecule has 20 heavy (non-hydrogen) atoms. The Hall–Kier alpha value is -1.33. The predicted molar refractivity (Wildman–Crippen MR) is 91.4 cm³/mol. The van der Waals surface area contributed by atoms with Crippen LogP contribution in [0, 0.1) is 5.41 Å². The Morgan fingerprint density at radius 1 is 1.15 bits per heavy atom. The van der Waals surface area contributed by atoms with Crippen LogP contribution in [0.4, 0.5) is 5.69 Å². The fraction of sp³-hybridized carbons (Fsp3) is 0.133. The minimum atomic E-state index is 0.0717. The first-order valence-electron chi connectivity index (χ1n) is 6.07. The normalized spacial score (nSPS) is 10.3. The highest BCUT2D eigenvalue weighted by atomic mass is 79.9. The number of halogens is 2. The van der Waals surface area contributed by atoms with Crippen LogP contribution in [0.2, 0.25) is 0 Å². The number of benzene rings is 2. The van der Waals surface area contributed by atoms with Gasteiger partial charge in [0.2, 0.25) is 0 Å². The zero-order chi connectivity index (χ0) is 14.7. The highest BCUT2D eigenvalue weighted by Gasteiger charge is 2.11. The van der Waals surface area contributed by atoms with Gasteiger partial charge < -0.3 is 10.6 Å². The standard InChI is InChI=1S/C15H15Br2N3/c1-20(9-10-3-2-4-11(16)7-10)14-6-5-12(17)8-13(14)15(18)19/h2-8H,9H2,1H3,(H3,18,19). The molecule has 0 aliphatic heterocycles. The minimum absolute atomic E-state index is 0.0717. The van der Waals surface area contributed by atoms with E-state index in [1.807, 2.05) is 37.4 Å². The van der Waals surface area contributed by atoms with Gasteiger partial charge in [-0.05, 0) is 35.9 Å². The summed E-state index contributed by atoms with van der Waals surface area (Å²) >= 11 is 6.89. The van der Waals surface area contributed by atoms with E-state index in [2.05, 4.69) is 48.9 Å². The van der Waals surface area contributed by atoms with E-state index in [1.165, 1.54) is 5.56 Å². The third kappa shape index (κ3) is 3.61. The Labute approximate surface area is 135 Å². The lowest BCUT2D eigenvalue weighted by Crippen LogP contribution is -2.22. The van der Waals surface area contributed by atoms with E-state index < -0.39 is 0 Å². The maximum absolute atomic E-state index is 7.70. The summed E-state index contributed by atoms with van der Waals surface area (Å²) in [6.07, 6.45) is 0. The fourth-order valence-corrected chi connectivity index (χ4v) is 2.86. The summed E-state index contributed by atoms with van der Waals surface area (Å²) in [5.74, 6) is 0.0717. The van der Waals surface area contributed by atoms with Gasteiger partial charge in [0.25, 0.3) is 0 Å². The number of anilines is 1. The molecule has 2 aromatic rings. The number of nitrogens with two attached hydrogens (primary N) is 1. The molecule has 0 aliphatic rings. The number of nitrogen functional groups attached to an aromatic ring is 1. The number of rotatable bonds is 4. The van der Waals surface area contributed by atoms with E-state index in [0.29, 0.717) is 0 Å². The minimum Gasteiger partial charge on any atom is -0.384 e. The van der Waals surface area contributed by atoms with Gasteiger partial charge >= 0.3 is 0 Å². The Morgan fingerprint density at radius 2 is 1.85 bits per heavy atom. The molecule has 0 spiro atoms. The van der Waals surface area contributed by atoms with E-state index in [0.717, 1.165) is 26.7 Å². The maximum Gasteiger partial charge on any atom is 0.124 e. The third-order valence-electron chi connectivity index (χ3n) is 2.97. The van der Waals surface area contributed by atoms with E-state index in [4.69, 9.17) is 11.1 Å². The monoisotopic (exact) mass is 395 g/mol. The Kier molecular flexibility index (Phi) is 4.83. The fourth-order valence-electron chi connectivity index (χ4n) is 2.05. The Balaban J connectivity index is 2.29. The molecule has 5 heteroatoms. The Morgan fingerprint density at radius 3 is 2.50 bits per heavy atom. The van der Waals surface area contributed by atoms with Crippen molar-refractivity contribution >= 4 is 43.4 Å². The van der Waals surface area contributed by atoms with Gasteiger partial charge in [-0.2, -0.15) is 0 Å². The van der Waals surface area contributed by atoms with E-state index in [9.17, 15) is 0 Å². The summed E-state index contributed by atoms with van der Waals surface area (Å²) in [6.45, 7) is 0.751. The molecule has 104 valence electrons. The van der Waals surface area contributed by atoms with Crippen LogP contribution in [0.3, 0.4) is 0 Å². The van der Waals surface area contributed by atoms with Crippen LogP contribution in [0.15, 0.2) is 51.4 Å². The lowest BCUT2D eigenvalue weighted by Gasteiger charge is -2.22. The molecular formula is C15H15Br2N3. The summed E-state index contributed by atoms with van der Waals surface area (Å²) in [4.78, 5) is 2.09. The topological polar surface area (TPSA) is 53.1 Å². The SMILES string of the molecule is CN(Cc1cccc(Br)c1)c1ccc(Br)cc1C(=N)N. The number of hydrogen-bond donors (Lipinski definition) is 2. The second kappa shape index (κ2) is 6.41. The number of amidine groups is 1. The molecule has 0 atom stereocenters. The van der Waals surface area contributed by atoms with Crippen molar-refractivity contribution in [2.24, 2.45) is 5.73 Å². The van der Waals surface area contributed by atoms with Crippen LogP contribution in [-0.2, 0) is 6.54 Å². The van der Waals surface area contributed by atoms with Gasteiger partial charge in [0.1, 0.15) is 5.84 Å². The first-order valence-corrected chi connectivity index (χ1v) is 7.65. The van der Waals surface area contributed by atoms with Crippen LogP contribution in [0.5, 0.6) is 0 Å². The van der Waals surface area contributed by atoms with Crippen molar-refractivity contribution in [2.45, 2.75) is 6.54 Å². The van der Waals surface area contributed by atoms with Gasteiger partial charge in [-0.15, -0.1) is 0 Å². The van der Waals surface area contributed by atoms with Crippen molar-refractivity contribution < 1.29 is 0 Å². The van der Waals surface area contributed by atoms with Crippen molar-refractivity contribution in [1.82, 2.24) is 0 Å². The zero-order valence-electron chi connectivity index (χ0n) is 11.0. The molecule has 3 nitrogen and oxygen atoms in total. The highest BCUT2D eigenvalue weighted by molar-refractivity contribution is 9.10. The molecule has 0 saturated heterocycles. The van der Waals surface area contributed by atoms with Crippen molar-refractivity contribution in [3.63, 3.8) is 0 Å². The van der Waals surface area contributed by atoms with Gasteiger partial charge in [0.05, 0.1) is 0 Å². The number of hydrogen-bond acceptors (Lipinski definition) is 2. The second-order valence-corrected chi connectivity index (χ2v) is 6.39. The van der Waals surface area contributed by atoms with Gasteiger partial charge in [-0.1, -0.05) is 44.0 Å². The molecule has 0 saturated carbocycles. The average Bonchev–Trinajstić information content (AvgIpc) is 2.38. The molecule has 3 N–H and O–H groups in total. The van der Waals surface area contributed by atoms with Gasteiger partial charge in [-0.3, -0.25) is 5.41 Å². The van der Waals surface area contributed by atoms with Crippen molar-refractivity contribution in [1.29, 1.82) is 5.41 Å².